The first-order valence-corrected chi connectivity index (χ1v) is 7.39. The zero-order valence-corrected chi connectivity index (χ0v) is 12.6. The summed E-state index contributed by atoms with van der Waals surface area (Å²) < 4.78 is 11.3. The van der Waals surface area contributed by atoms with Gasteiger partial charge >= 0.3 is 0 Å². The SMILES string of the molecule is CCCOc1ccccc1C(O)c1ccccc1OCC. The molecule has 1 unspecified atom stereocenters. The molecule has 3 nitrogen and oxygen atoms in total. The second kappa shape index (κ2) is 7.70. The summed E-state index contributed by atoms with van der Waals surface area (Å²) in [6.07, 6.45) is 0.167. The van der Waals surface area contributed by atoms with Crippen molar-refractivity contribution in [3.05, 3.63) is 59.7 Å². The maximum atomic E-state index is 10.7. The number of para-hydroxylation sites is 2. The molecule has 2 aromatic carbocycles. The van der Waals surface area contributed by atoms with E-state index in [2.05, 4.69) is 6.92 Å². The molecule has 0 bridgehead atoms. The Morgan fingerprint density at radius 2 is 1.38 bits per heavy atom. The van der Waals surface area contributed by atoms with Crippen molar-refractivity contribution < 1.29 is 14.6 Å². The highest BCUT2D eigenvalue weighted by Gasteiger charge is 2.18. The molecule has 3 heteroatoms. The van der Waals surface area contributed by atoms with Crippen LogP contribution >= 0.6 is 0 Å². The topological polar surface area (TPSA) is 38.7 Å². The first-order chi connectivity index (χ1) is 10.3. The monoisotopic (exact) mass is 286 g/mol. The van der Waals surface area contributed by atoms with Gasteiger partial charge in [-0.25, -0.2) is 0 Å². The summed E-state index contributed by atoms with van der Waals surface area (Å²) >= 11 is 0. The molecule has 0 saturated carbocycles. The van der Waals surface area contributed by atoms with Gasteiger partial charge in [0.2, 0.25) is 0 Å². The predicted octanol–water partition coefficient (Wildman–Crippen LogP) is 3.96. The molecule has 1 atom stereocenters. The van der Waals surface area contributed by atoms with Gasteiger partial charge < -0.3 is 14.6 Å². The molecule has 2 rings (SSSR count). The summed E-state index contributed by atoms with van der Waals surface area (Å²) in [7, 11) is 0. The van der Waals surface area contributed by atoms with Crippen LogP contribution < -0.4 is 9.47 Å². The Kier molecular flexibility index (Phi) is 5.64. The lowest BCUT2D eigenvalue weighted by Crippen LogP contribution is -2.07. The molecular weight excluding hydrogens is 264 g/mol. The van der Waals surface area contributed by atoms with Crippen LogP contribution in [-0.4, -0.2) is 18.3 Å². The Bertz CT molecular complexity index is 566. The molecular formula is C18H22O3. The third-order valence-electron chi connectivity index (χ3n) is 3.19. The first-order valence-electron chi connectivity index (χ1n) is 7.39. The van der Waals surface area contributed by atoms with E-state index in [-0.39, 0.29) is 0 Å². The minimum atomic E-state index is -0.763. The van der Waals surface area contributed by atoms with Gasteiger partial charge in [-0.05, 0) is 25.5 Å². The molecule has 0 spiro atoms. The number of benzene rings is 2. The molecule has 0 aliphatic carbocycles. The fraction of sp³-hybridized carbons (Fsp3) is 0.333. The van der Waals surface area contributed by atoms with Gasteiger partial charge in [0.25, 0.3) is 0 Å². The summed E-state index contributed by atoms with van der Waals surface area (Å²) in [5, 5.41) is 10.7. The molecule has 21 heavy (non-hydrogen) atoms. The predicted molar refractivity (Wildman–Crippen MR) is 83.9 cm³/mol. The van der Waals surface area contributed by atoms with E-state index >= 15 is 0 Å². The van der Waals surface area contributed by atoms with Crippen molar-refractivity contribution in [1.82, 2.24) is 0 Å². The van der Waals surface area contributed by atoms with E-state index in [1.54, 1.807) is 0 Å². The molecule has 0 aliphatic rings. The smallest absolute Gasteiger partial charge is 0.125 e. The molecule has 2 aromatic rings. The van der Waals surface area contributed by atoms with E-state index < -0.39 is 6.10 Å². The van der Waals surface area contributed by atoms with Crippen molar-refractivity contribution >= 4 is 0 Å². The number of hydrogen-bond donors (Lipinski definition) is 1. The second-order valence-electron chi connectivity index (χ2n) is 4.76. The molecule has 0 saturated heterocycles. The molecule has 0 aliphatic heterocycles. The van der Waals surface area contributed by atoms with Gasteiger partial charge in [-0.2, -0.15) is 0 Å². The van der Waals surface area contributed by atoms with Crippen LogP contribution in [-0.2, 0) is 0 Å². The minimum absolute atomic E-state index is 0.567. The number of ether oxygens (including phenoxy) is 2. The molecule has 0 heterocycles. The summed E-state index contributed by atoms with van der Waals surface area (Å²) in [6.45, 7) is 5.19. The minimum Gasteiger partial charge on any atom is -0.493 e. The fourth-order valence-corrected chi connectivity index (χ4v) is 2.21. The molecule has 1 N–H and O–H groups in total. The average molecular weight is 286 g/mol. The Labute approximate surface area is 126 Å². The first kappa shape index (κ1) is 15.4. The lowest BCUT2D eigenvalue weighted by atomic mass is 10.00. The lowest BCUT2D eigenvalue weighted by Gasteiger charge is -2.18. The zero-order valence-electron chi connectivity index (χ0n) is 12.6. The van der Waals surface area contributed by atoms with Gasteiger partial charge in [0.1, 0.15) is 17.6 Å². The summed E-state index contributed by atoms with van der Waals surface area (Å²) in [4.78, 5) is 0. The summed E-state index contributed by atoms with van der Waals surface area (Å²) in [6, 6.07) is 15.1. The van der Waals surface area contributed by atoms with Gasteiger partial charge in [0, 0.05) is 11.1 Å². The number of aliphatic hydroxyl groups excluding tert-OH is 1. The van der Waals surface area contributed by atoms with E-state index in [4.69, 9.17) is 9.47 Å². The fourth-order valence-electron chi connectivity index (χ4n) is 2.21. The van der Waals surface area contributed by atoms with E-state index in [1.165, 1.54) is 0 Å². The van der Waals surface area contributed by atoms with Gasteiger partial charge in [0.15, 0.2) is 0 Å². The maximum absolute atomic E-state index is 10.7. The van der Waals surface area contributed by atoms with Crippen LogP contribution in [0.5, 0.6) is 11.5 Å². The second-order valence-corrected chi connectivity index (χ2v) is 4.76. The van der Waals surface area contributed by atoms with Crippen LogP contribution in [0.2, 0.25) is 0 Å². The van der Waals surface area contributed by atoms with Crippen LogP contribution in [0.4, 0.5) is 0 Å². The van der Waals surface area contributed by atoms with Crippen LogP contribution in [0.1, 0.15) is 37.5 Å². The molecule has 0 radical (unpaired) electrons. The highest BCUT2D eigenvalue weighted by molar-refractivity contribution is 5.45. The van der Waals surface area contributed by atoms with Crippen LogP contribution in [0.25, 0.3) is 0 Å². The summed E-state index contributed by atoms with van der Waals surface area (Å²) in [5.74, 6) is 1.43. The van der Waals surface area contributed by atoms with Gasteiger partial charge in [0.05, 0.1) is 13.2 Å². The third kappa shape index (κ3) is 3.76. The van der Waals surface area contributed by atoms with E-state index in [0.29, 0.717) is 19.0 Å². The van der Waals surface area contributed by atoms with Crippen molar-refractivity contribution in [2.24, 2.45) is 0 Å². The average Bonchev–Trinajstić information content (AvgIpc) is 2.53. The number of rotatable bonds is 7. The van der Waals surface area contributed by atoms with E-state index in [9.17, 15) is 5.11 Å². The van der Waals surface area contributed by atoms with E-state index in [1.807, 2.05) is 55.5 Å². The standard InChI is InChI=1S/C18H22O3/c1-3-13-21-17-12-8-6-10-15(17)18(19)14-9-5-7-11-16(14)20-4-2/h5-12,18-19H,3-4,13H2,1-2H3. The van der Waals surface area contributed by atoms with Gasteiger partial charge in [-0.1, -0.05) is 43.3 Å². The van der Waals surface area contributed by atoms with Crippen molar-refractivity contribution in [2.75, 3.05) is 13.2 Å². The van der Waals surface area contributed by atoms with Crippen molar-refractivity contribution in [3.63, 3.8) is 0 Å². The Morgan fingerprint density at radius 3 is 1.90 bits per heavy atom. The van der Waals surface area contributed by atoms with Crippen LogP contribution in [0.3, 0.4) is 0 Å². The number of hydrogen-bond acceptors (Lipinski definition) is 3. The number of aliphatic hydroxyl groups is 1. The highest BCUT2D eigenvalue weighted by atomic mass is 16.5. The Balaban J connectivity index is 2.33. The molecule has 112 valence electrons. The third-order valence-corrected chi connectivity index (χ3v) is 3.19. The van der Waals surface area contributed by atoms with Crippen LogP contribution in [0.15, 0.2) is 48.5 Å². The quantitative estimate of drug-likeness (QED) is 0.837. The molecule has 0 amide bonds. The zero-order chi connectivity index (χ0) is 15.1. The molecule has 0 fully saturated rings. The van der Waals surface area contributed by atoms with Gasteiger partial charge in [-0.3, -0.25) is 0 Å². The van der Waals surface area contributed by atoms with E-state index in [0.717, 1.165) is 23.3 Å². The summed E-state index contributed by atoms with van der Waals surface area (Å²) in [5.41, 5.74) is 1.52. The maximum Gasteiger partial charge on any atom is 0.125 e. The lowest BCUT2D eigenvalue weighted by molar-refractivity contribution is 0.203. The van der Waals surface area contributed by atoms with Crippen molar-refractivity contribution in [2.45, 2.75) is 26.4 Å². The molecule has 0 aromatic heterocycles. The van der Waals surface area contributed by atoms with Crippen LogP contribution in [0, 0.1) is 0 Å². The Hall–Kier alpha value is -2.00. The largest absolute Gasteiger partial charge is 0.493 e. The van der Waals surface area contributed by atoms with Gasteiger partial charge in [-0.15, -0.1) is 0 Å². The van der Waals surface area contributed by atoms with Crippen molar-refractivity contribution in [3.8, 4) is 11.5 Å². The normalized spacial score (nSPS) is 12.0. The van der Waals surface area contributed by atoms with Crippen molar-refractivity contribution in [1.29, 1.82) is 0 Å². The Morgan fingerprint density at radius 1 is 0.857 bits per heavy atom. The highest BCUT2D eigenvalue weighted by Crippen LogP contribution is 2.34.